The Morgan fingerprint density at radius 2 is 2.07 bits per heavy atom. The van der Waals surface area contributed by atoms with Gasteiger partial charge in [0, 0.05) is 5.56 Å². The van der Waals surface area contributed by atoms with Crippen LogP contribution in [0.5, 0.6) is 5.75 Å². The SMILES string of the molecule is COc1cccc(C(=O)C(O)C(C)C)c1. The first-order chi connectivity index (χ1) is 7.06. The molecule has 0 heterocycles. The second-order valence-corrected chi connectivity index (χ2v) is 3.79. The van der Waals surface area contributed by atoms with Crippen molar-refractivity contribution in [1.29, 1.82) is 0 Å². The molecule has 1 atom stereocenters. The number of aliphatic hydroxyl groups is 1. The molecule has 0 aliphatic rings. The third-order valence-electron chi connectivity index (χ3n) is 2.25. The zero-order valence-corrected chi connectivity index (χ0v) is 9.23. The van der Waals surface area contributed by atoms with Crippen LogP contribution >= 0.6 is 0 Å². The van der Waals surface area contributed by atoms with E-state index in [-0.39, 0.29) is 11.7 Å². The van der Waals surface area contributed by atoms with Gasteiger partial charge in [-0.3, -0.25) is 4.79 Å². The van der Waals surface area contributed by atoms with Crippen LogP contribution in [0.2, 0.25) is 0 Å². The van der Waals surface area contributed by atoms with E-state index >= 15 is 0 Å². The van der Waals surface area contributed by atoms with Crippen molar-refractivity contribution in [3.05, 3.63) is 29.8 Å². The van der Waals surface area contributed by atoms with Crippen molar-refractivity contribution in [3.8, 4) is 5.75 Å². The summed E-state index contributed by atoms with van der Waals surface area (Å²) in [5.74, 6) is 0.282. The van der Waals surface area contributed by atoms with Crippen molar-refractivity contribution >= 4 is 5.78 Å². The fraction of sp³-hybridized carbons (Fsp3) is 0.417. The molecule has 1 N–H and O–H groups in total. The largest absolute Gasteiger partial charge is 0.497 e. The summed E-state index contributed by atoms with van der Waals surface area (Å²) >= 11 is 0. The number of hydrogen-bond acceptors (Lipinski definition) is 3. The van der Waals surface area contributed by atoms with E-state index in [1.807, 2.05) is 13.8 Å². The van der Waals surface area contributed by atoms with Crippen LogP contribution in [0.3, 0.4) is 0 Å². The zero-order chi connectivity index (χ0) is 11.4. The first-order valence-electron chi connectivity index (χ1n) is 4.92. The highest BCUT2D eigenvalue weighted by Crippen LogP contribution is 2.16. The van der Waals surface area contributed by atoms with Gasteiger partial charge in [-0.2, -0.15) is 0 Å². The minimum atomic E-state index is -0.947. The fourth-order valence-electron chi connectivity index (χ4n) is 1.25. The van der Waals surface area contributed by atoms with Crippen molar-refractivity contribution < 1.29 is 14.6 Å². The van der Waals surface area contributed by atoms with Gasteiger partial charge >= 0.3 is 0 Å². The number of rotatable bonds is 4. The molecule has 0 aliphatic heterocycles. The number of hydrogen-bond donors (Lipinski definition) is 1. The van der Waals surface area contributed by atoms with Crippen molar-refractivity contribution in [2.45, 2.75) is 20.0 Å². The van der Waals surface area contributed by atoms with E-state index in [2.05, 4.69) is 0 Å². The molecule has 1 unspecified atom stereocenters. The van der Waals surface area contributed by atoms with E-state index in [1.54, 1.807) is 31.4 Å². The van der Waals surface area contributed by atoms with E-state index in [1.165, 1.54) is 0 Å². The molecule has 15 heavy (non-hydrogen) atoms. The van der Waals surface area contributed by atoms with Crippen LogP contribution < -0.4 is 4.74 Å². The summed E-state index contributed by atoms with van der Waals surface area (Å²) in [6.45, 7) is 3.62. The third-order valence-corrected chi connectivity index (χ3v) is 2.25. The molecule has 3 heteroatoms. The molecule has 1 aromatic carbocycles. The number of carbonyl (C=O) groups excluding carboxylic acids is 1. The summed E-state index contributed by atoms with van der Waals surface area (Å²) in [6.07, 6.45) is -0.947. The summed E-state index contributed by atoms with van der Waals surface area (Å²) in [5, 5.41) is 9.62. The average Bonchev–Trinajstić information content (AvgIpc) is 2.27. The molecule has 0 bridgehead atoms. The molecule has 82 valence electrons. The second-order valence-electron chi connectivity index (χ2n) is 3.79. The Bertz CT molecular complexity index is 344. The van der Waals surface area contributed by atoms with Crippen LogP contribution in [0, 0.1) is 5.92 Å². The number of Topliss-reactive ketones (excluding diaryl/α,β-unsaturated/α-hetero) is 1. The first kappa shape index (κ1) is 11.7. The number of benzene rings is 1. The van der Waals surface area contributed by atoms with Crippen LogP contribution in [-0.2, 0) is 0 Å². The van der Waals surface area contributed by atoms with Gasteiger partial charge in [0.15, 0.2) is 5.78 Å². The Hall–Kier alpha value is -1.35. The molecule has 0 spiro atoms. The van der Waals surface area contributed by atoms with Gasteiger partial charge in [-0.05, 0) is 18.1 Å². The lowest BCUT2D eigenvalue weighted by Gasteiger charge is -2.13. The summed E-state index contributed by atoms with van der Waals surface area (Å²) in [5.41, 5.74) is 0.482. The molecule has 0 amide bonds. The van der Waals surface area contributed by atoms with Crippen molar-refractivity contribution in [2.75, 3.05) is 7.11 Å². The second kappa shape index (κ2) is 4.94. The maximum atomic E-state index is 11.7. The summed E-state index contributed by atoms with van der Waals surface area (Å²) < 4.78 is 5.01. The summed E-state index contributed by atoms with van der Waals surface area (Å²) in [4.78, 5) is 11.7. The Labute approximate surface area is 89.7 Å². The Kier molecular flexibility index (Phi) is 3.86. The predicted molar refractivity (Wildman–Crippen MR) is 58.2 cm³/mol. The average molecular weight is 208 g/mol. The Balaban J connectivity index is 2.91. The van der Waals surface area contributed by atoms with Gasteiger partial charge in [0.25, 0.3) is 0 Å². The van der Waals surface area contributed by atoms with E-state index in [0.29, 0.717) is 11.3 Å². The molecule has 0 aromatic heterocycles. The molecule has 3 nitrogen and oxygen atoms in total. The van der Waals surface area contributed by atoms with Gasteiger partial charge < -0.3 is 9.84 Å². The van der Waals surface area contributed by atoms with Gasteiger partial charge in [-0.25, -0.2) is 0 Å². The van der Waals surface area contributed by atoms with Crippen molar-refractivity contribution in [1.82, 2.24) is 0 Å². The molecule has 0 saturated carbocycles. The number of ketones is 1. The Morgan fingerprint density at radius 1 is 1.40 bits per heavy atom. The smallest absolute Gasteiger partial charge is 0.191 e. The van der Waals surface area contributed by atoms with Crippen molar-refractivity contribution in [3.63, 3.8) is 0 Å². The Morgan fingerprint density at radius 3 is 2.60 bits per heavy atom. The first-order valence-corrected chi connectivity index (χ1v) is 4.92. The monoisotopic (exact) mass is 208 g/mol. The highest BCUT2D eigenvalue weighted by Gasteiger charge is 2.20. The molecule has 0 aliphatic carbocycles. The van der Waals surface area contributed by atoms with Gasteiger partial charge in [-0.1, -0.05) is 26.0 Å². The minimum Gasteiger partial charge on any atom is -0.497 e. The standard InChI is InChI=1S/C12H16O3/c1-8(2)11(13)12(14)9-5-4-6-10(7-9)15-3/h4-8,11,13H,1-3H3. The molecule has 1 rings (SSSR count). The maximum Gasteiger partial charge on any atom is 0.191 e. The van der Waals surface area contributed by atoms with Crippen LogP contribution in [-0.4, -0.2) is 24.1 Å². The normalized spacial score (nSPS) is 12.6. The fourth-order valence-corrected chi connectivity index (χ4v) is 1.25. The number of methoxy groups -OCH3 is 1. The molecule has 1 aromatic rings. The molecular formula is C12H16O3. The minimum absolute atomic E-state index is 0.0799. The van der Waals surface area contributed by atoms with Crippen LogP contribution in [0.15, 0.2) is 24.3 Å². The van der Waals surface area contributed by atoms with Crippen LogP contribution in [0.25, 0.3) is 0 Å². The summed E-state index contributed by atoms with van der Waals surface area (Å²) in [7, 11) is 1.54. The predicted octanol–water partition coefficient (Wildman–Crippen LogP) is 1.89. The van der Waals surface area contributed by atoms with Crippen molar-refractivity contribution in [2.24, 2.45) is 5.92 Å². The summed E-state index contributed by atoms with van der Waals surface area (Å²) in [6, 6.07) is 6.81. The van der Waals surface area contributed by atoms with Gasteiger partial charge in [-0.15, -0.1) is 0 Å². The van der Waals surface area contributed by atoms with Crippen LogP contribution in [0.4, 0.5) is 0 Å². The molecular weight excluding hydrogens is 192 g/mol. The van der Waals surface area contributed by atoms with Gasteiger partial charge in [0.05, 0.1) is 7.11 Å². The molecule has 0 radical (unpaired) electrons. The van der Waals surface area contributed by atoms with E-state index in [4.69, 9.17) is 4.74 Å². The quantitative estimate of drug-likeness (QED) is 0.769. The molecule has 0 saturated heterocycles. The van der Waals surface area contributed by atoms with E-state index < -0.39 is 6.10 Å². The number of ether oxygens (including phenoxy) is 1. The molecule has 0 fully saturated rings. The lowest BCUT2D eigenvalue weighted by Crippen LogP contribution is -2.26. The zero-order valence-electron chi connectivity index (χ0n) is 9.23. The highest BCUT2D eigenvalue weighted by molar-refractivity contribution is 5.99. The van der Waals surface area contributed by atoms with E-state index in [0.717, 1.165) is 0 Å². The highest BCUT2D eigenvalue weighted by atomic mass is 16.5. The van der Waals surface area contributed by atoms with Gasteiger partial charge in [0.1, 0.15) is 11.9 Å². The third kappa shape index (κ3) is 2.80. The van der Waals surface area contributed by atoms with Crippen LogP contribution in [0.1, 0.15) is 24.2 Å². The topological polar surface area (TPSA) is 46.5 Å². The van der Waals surface area contributed by atoms with E-state index in [9.17, 15) is 9.90 Å². The number of aliphatic hydroxyl groups excluding tert-OH is 1. The lowest BCUT2D eigenvalue weighted by atomic mass is 9.98. The lowest BCUT2D eigenvalue weighted by molar-refractivity contribution is 0.0647. The number of carbonyl (C=O) groups is 1. The maximum absolute atomic E-state index is 11.7. The van der Waals surface area contributed by atoms with Gasteiger partial charge in [0.2, 0.25) is 0 Å².